The molecule has 0 heterocycles. The number of hydrogen-bond acceptors (Lipinski definition) is 2. The summed E-state index contributed by atoms with van der Waals surface area (Å²) in [7, 11) is 0. The molecule has 0 aliphatic heterocycles. The van der Waals surface area contributed by atoms with Gasteiger partial charge in [0.05, 0.1) is 0 Å². The molecule has 1 aliphatic carbocycles. The molecule has 2 unspecified atom stereocenters. The van der Waals surface area contributed by atoms with Crippen molar-refractivity contribution in [3.63, 3.8) is 0 Å². The Hall–Kier alpha value is -0.0800. The van der Waals surface area contributed by atoms with Crippen LogP contribution in [0.25, 0.3) is 0 Å². The fraction of sp³-hybridized carbons (Fsp3) is 1.00. The van der Waals surface area contributed by atoms with Gasteiger partial charge in [0, 0.05) is 18.6 Å². The predicted molar refractivity (Wildman–Crippen MR) is 71.6 cm³/mol. The number of likely N-dealkylation sites (N-methyl/N-ethyl adjacent to an activating group) is 1. The first-order valence-electron chi connectivity index (χ1n) is 7.22. The van der Waals surface area contributed by atoms with Gasteiger partial charge in [-0.3, -0.25) is 4.90 Å². The average Bonchev–Trinajstić information content (AvgIpc) is 2.21. The molecule has 1 aliphatic rings. The zero-order chi connectivity index (χ0) is 12.0. The normalized spacial score (nSPS) is 20.8. The fourth-order valence-corrected chi connectivity index (χ4v) is 2.86. The molecule has 0 radical (unpaired) electrons. The summed E-state index contributed by atoms with van der Waals surface area (Å²) < 4.78 is 0. The van der Waals surface area contributed by atoms with Crippen molar-refractivity contribution in [2.75, 3.05) is 13.1 Å². The van der Waals surface area contributed by atoms with E-state index >= 15 is 0 Å². The lowest BCUT2D eigenvalue weighted by atomic mass is 9.84. The first-order chi connectivity index (χ1) is 7.72. The Labute approximate surface area is 102 Å². The summed E-state index contributed by atoms with van der Waals surface area (Å²) in [5.74, 6) is 0.961. The minimum Gasteiger partial charge on any atom is -0.326 e. The van der Waals surface area contributed by atoms with E-state index in [-0.39, 0.29) is 0 Å². The predicted octanol–water partition coefficient (Wildman–Crippen LogP) is 3.01. The minimum absolute atomic E-state index is 0.370. The van der Waals surface area contributed by atoms with Crippen molar-refractivity contribution in [2.45, 2.75) is 71.4 Å². The van der Waals surface area contributed by atoms with Crippen molar-refractivity contribution >= 4 is 0 Å². The van der Waals surface area contributed by atoms with Crippen LogP contribution in [0, 0.1) is 5.92 Å². The molecular weight excluding hydrogens is 196 g/mol. The summed E-state index contributed by atoms with van der Waals surface area (Å²) in [5, 5.41) is 0. The van der Waals surface area contributed by atoms with Gasteiger partial charge in [-0.1, -0.05) is 33.6 Å². The van der Waals surface area contributed by atoms with Crippen molar-refractivity contribution in [2.24, 2.45) is 11.7 Å². The number of rotatable bonds is 8. The molecule has 2 atom stereocenters. The second kappa shape index (κ2) is 7.29. The minimum atomic E-state index is 0.370. The van der Waals surface area contributed by atoms with Crippen LogP contribution in [0.3, 0.4) is 0 Å². The van der Waals surface area contributed by atoms with E-state index in [1.807, 2.05) is 0 Å². The lowest BCUT2D eigenvalue weighted by molar-refractivity contribution is 0.117. The summed E-state index contributed by atoms with van der Waals surface area (Å²) in [6.45, 7) is 9.23. The van der Waals surface area contributed by atoms with Crippen LogP contribution in [-0.2, 0) is 0 Å². The van der Waals surface area contributed by atoms with Gasteiger partial charge in [0.15, 0.2) is 0 Å². The van der Waals surface area contributed by atoms with Crippen LogP contribution in [0.1, 0.15) is 59.3 Å². The van der Waals surface area contributed by atoms with Crippen LogP contribution >= 0.6 is 0 Å². The standard InChI is InChI=1S/C14H30N2/c1-4-8-13(15)14(5-2)16(6-3)11-12-9-7-10-12/h12-14H,4-11,15H2,1-3H3. The van der Waals surface area contributed by atoms with Crippen LogP contribution in [0.4, 0.5) is 0 Å². The van der Waals surface area contributed by atoms with E-state index in [2.05, 4.69) is 25.7 Å². The van der Waals surface area contributed by atoms with Crippen molar-refractivity contribution in [1.29, 1.82) is 0 Å². The number of nitrogens with zero attached hydrogens (tertiary/aromatic N) is 1. The summed E-state index contributed by atoms with van der Waals surface area (Å²) in [6.07, 6.45) is 7.89. The van der Waals surface area contributed by atoms with Crippen molar-refractivity contribution in [3.8, 4) is 0 Å². The summed E-state index contributed by atoms with van der Waals surface area (Å²) in [6, 6.07) is 0.973. The Morgan fingerprint density at radius 1 is 1.25 bits per heavy atom. The molecule has 96 valence electrons. The fourth-order valence-electron chi connectivity index (χ4n) is 2.86. The Morgan fingerprint density at radius 3 is 2.31 bits per heavy atom. The molecule has 0 aromatic rings. The Morgan fingerprint density at radius 2 is 1.94 bits per heavy atom. The maximum atomic E-state index is 6.31. The molecule has 0 bridgehead atoms. The molecule has 1 rings (SSSR count). The molecule has 16 heavy (non-hydrogen) atoms. The third-order valence-electron chi connectivity index (χ3n) is 4.13. The van der Waals surface area contributed by atoms with E-state index in [0.717, 1.165) is 12.5 Å². The van der Waals surface area contributed by atoms with Crippen LogP contribution < -0.4 is 5.73 Å². The molecule has 2 heteroatoms. The smallest absolute Gasteiger partial charge is 0.0244 e. The number of nitrogens with two attached hydrogens (primary N) is 1. The van der Waals surface area contributed by atoms with E-state index in [9.17, 15) is 0 Å². The van der Waals surface area contributed by atoms with Gasteiger partial charge in [-0.15, -0.1) is 0 Å². The van der Waals surface area contributed by atoms with Gasteiger partial charge in [-0.2, -0.15) is 0 Å². The monoisotopic (exact) mass is 226 g/mol. The molecule has 0 amide bonds. The first-order valence-corrected chi connectivity index (χ1v) is 7.22. The second-order valence-corrected chi connectivity index (χ2v) is 5.31. The zero-order valence-corrected chi connectivity index (χ0v) is 11.4. The Kier molecular flexibility index (Phi) is 6.37. The summed E-state index contributed by atoms with van der Waals surface area (Å²) in [5.41, 5.74) is 6.31. The first kappa shape index (κ1) is 14.0. The summed E-state index contributed by atoms with van der Waals surface area (Å²) >= 11 is 0. The van der Waals surface area contributed by atoms with Crippen molar-refractivity contribution in [3.05, 3.63) is 0 Å². The molecule has 0 saturated heterocycles. The SMILES string of the molecule is CCCC(N)C(CC)N(CC)CC1CCC1. The van der Waals surface area contributed by atoms with Crippen LogP contribution in [-0.4, -0.2) is 30.1 Å². The molecule has 0 aromatic carbocycles. The maximum Gasteiger partial charge on any atom is 0.0244 e. The third-order valence-corrected chi connectivity index (χ3v) is 4.13. The molecule has 1 fully saturated rings. The van der Waals surface area contributed by atoms with Crippen LogP contribution in [0.15, 0.2) is 0 Å². The van der Waals surface area contributed by atoms with E-state index in [1.54, 1.807) is 0 Å². The van der Waals surface area contributed by atoms with Gasteiger partial charge in [0.25, 0.3) is 0 Å². The second-order valence-electron chi connectivity index (χ2n) is 5.31. The average molecular weight is 226 g/mol. The van der Waals surface area contributed by atoms with Gasteiger partial charge in [-0.25, -0.2) is 0 Å². The Balaban J connectivity index is 2.44. The summed E-state index contributed by atoms with van der Waals surface area (Å²) in [4.78, 5) is 2.63. The van der Waals surface area contributed by atoms with E-state index < -0.39 is 0 Å². The molecule has 2 nitrogen and oxygen atoms in total. The highest BCUT2D eigenvalue weighted by Crippen LogP contribution is 2.28. The lowest BCUT2D eigenvalue weighted by Gasteiger charge is -2.39. The van der Waals surface area contributed by atoms with Crippen molar-refractivity contribution in [1.82, 2.24) is 4.90 Å². The highest BCUT2D eigenvalue weighted by Gasteiger charge is 2.26. The lowest BCUT2D eigenvalue weighted by Crippen LogP contribution is -2.49. The van der Waals surface area contributed by atoms with Crippen LogP contribution in [0.5, 0.6) is 0 Å². The van der Waals surface area contributed by atoms with Gasteiger partial charge in [0.2, 0.25) is 0 Å². The molecule has 1 saturated carbocycles. The van der Waals surface area contributed by atoms with E-state index in [0.29, 0.717) is 12.1 Å². The van der Waals surface area contributed by atoms with Gasteiger partial charge >= 0.3 is 0 Å². The van der Waals surface area contributed by atoms with E-state index in [4.69, 9.17) is 5.73 Å². The van der Waals surface area contributed by atoms with Gasteiger partial charge in [0.1, 0.15) is 0 Å². The highest BCUT2D eigenvalue weighted by atomic mass is 15.2. The van der Waals surface area contributed by atoms with Crippen LogP contribution in [0.2, 0.25) is 0 Å². The molecular formula is C14H30N2. The number of hydrogen-bond donors (Lipinski definition) is 1. The van der Waals surface area contributed by atoms with E-state index in [1.165, 1.54) is 45.1 Å². The van der Waals surface area contributed by atoms with Gasteiger partial charge in [-0.05, 0) is 38.1 Å². The van der Waals surface area contributed by atoms with Gasteiger partial charge < -0.3 is 5.73 Å². The quantitative estimate of drug-likeness (QED) is 0.689. The Bertz CT molecular complexity index is 178. The van der Waals surface area contributed by atoms with Crippen molar-refractivity contribution < 1.29 is 0 Å². The maximum absolute atomic E-state index is 6.31. The highest BCUT2D eigenvalue weighted by molar-refractivity contribution is 4.83. The zero-order valence-electron chi connectivity index (χ0n) is 11.4. The molecule has 0 spiro atoms. The third kappa shape index (κ3) is 3.74. The topological polar surface area (TPSA) is 29.3 Å². The molecule has 0 aromatic heterocycles. The largest absolute Gasteiger partial charge is 0.326 e. The molecule has 2 N–H and O–H groups in total.